The molecule has 202 valence electrons. The Morgan fingerprint density at radius 1 is 0.917 bits per heavy atom. The van der Waals surface area contributed by atoms with E-state index in [0.29, 0.717) is 24.5 Å². The molecule has 0 amide bonds. The zero-order valence-electron chi connectivity index (χ0n) is 23.1. The summed E-state index contributed by atoms with van der Waals surface area (Å²) in [6.07, 6.45) is 16.6. The molecule has 4 aliphatic carbocycles. The first-order valence-corrected chi connectivity index (χ1v) is 14.8. The molecule has 4 aliphatic rings. The molecule has 0 saturated heterocycles. The summed E-state index contributed by atoms with van der Waals surface area (Å²) in [5.74, 6) is 0.951. The average molecular weight is 501 g/mol. The summed E-state index contributed by atoms with van der Waals surface area (Å²) in [6, 6.07) is 0. The Kier molecular flexibility index (Phi) is 8.67. The van der Waals surface area contributed by atoms with E-state index in [-0.39, 0.29) is 46.8 Å². The lowest BCUT2D eigenvalue weighted by Gasteiger charge is -2.58. The lowest BCUT2D eigenvalue weighted by atomic mass is 9.47. The first kappa shape index (κ1) is 27.4. The third kappa shape index (κ3) is 5.45. The van der Waals surface area contributed by atoms with Crippen LogP contribution < -0.4 is 0 Å². The first-order chi connectivity index (χ1) is 17.2. The average Bonchev–Trinajstić information content (AvgIpc) is 3.13. The molecule has 0 spiro atoms. The molecule has 0 N–H and O–H groups in total. The zero-order chi connectivity index (χ0) is 25.9. The molecular weight excluding hydrogens is 452 g/mol. The third-order valence-corrected chi connectivity index (χ3v) is 10.4. The minimum atomic E-state index is -0.277. The Morgan fingerprint density at radius 2 is 1.58 bits per heavy atom. The number of hydrogen-bond donors (Lipinski definition) is 0. The van der Waals surface area contributed by atoms with Crippen molar-refractivity contribution in [3.63, 3.8) is 0 Å². The highest BCUT2D eigenvalue weighted by Gasteiger charge is 2.61. The first-order valence-electron chi connectivity index (χ1n) is 14.8. The van der Waals surface area contributed by atoms with E-state index >= 15 is 0 Å². The number of ketones is 1. The van der Waals surface area contributed by atoms with Gasteiger partial charge in [-0.25, -0.2) is 0 Å². The molecule has 0 aromatic carbocycles. The van der Waals surface area contributed by atoms with E-state index in [2.05, 4.69) is 26.8 Å². The van der Waals surface area contributed by atoms with Gasteiger partial charge < -0.3 is 9.47 Å². The Bertz CT molecular complexity index is 861. The molecule has 0 bridgehead atoms. The largest absolute Gasteiger partial charge is 0.462 e. The van der Waals surface area contributed by atoms with E-state index < -0.39 is 0 Å². The van der Waals surface area contributed by atoms with E-state index in [1.807, 2.05) is 0 Å². The van der Waals surface area contributed by atoms with Gasteiger partial charge in [-0.1, -0.05) is 64.9 Å². The molecule has 0 aromatic heterocycles. The van der Waals surface area contributed by atoms with E-state index in [0.717, 1.165) is 51.4 Å². The fourth-order valence-electron chi connectivity index (χ4n) is 8.25. The van der Waals surface area contributed by atoms with Crippen molar-refractivity contribution < 1.29 is 23.9 Å². The highest BCUT2D eigenvalue weighted by Crippen LogP contribution is 2.64. The van der Waals surface area contributed by atoms with Crippen LogP contribution in [0.25, 0.3) is 0 Å². The number of carbonyl (C=O) groups is 3. The SMILES string of the molecule is CCCCCCCCCC(=O)OC1C=C2C[C@@H](OC(C)=O)CC[C@]2(C)C2CC[C@]3(C)C(=O)CCC3C12. The molecule has 0 radical (unpaired) electrons. The molecular formula is C31H48O5. The number of rotatable bonds is 10. The maximum Gasteiger partial charge on any atom is 0.306 e. The predicted molar refractivity (Wildman–Crippen MR) is 140 cm³/mol. The van der Waals surface area contributed by atoms with Crippen molar-refractivity contribution >= 4 is 17.7 Å². The number of hydrogen-bond acceptors (Lipinski definition) is 5. The van der Waals surface area contributed by atoms with Gasteiger partial charge in [0, 0.05) is 37.5 Å². The summed E-state index contributed by atoms with van der Waals surface area (Å²) in [6.45, 7) is 8.24. The zero-order valence-corrected chi connectivity index (χ0v) is 23.1. The van der Waals surface area contributed by atoms with Gasteiger partial charge in [-0.05, 0) is 61.9 Å². The monoisotopic (exact) mass is 500 g/mol. The van der Waals surface area contributed by atoms with Crippen molar-refractivity contribution in [2.75, 3.05) is 0 Å². The molecule has 4 unspecified atom stereocenters. The molecule has 0 heterocycles. The maximum absolute atomic E-state index is 13.0. The van der Waals surface area contributed by atoms with E-state index in [1.54, 1.807) is 0 Å². The van der Waals surface area contributed by atoms with Crippen molar-refractivity contribution in [2.45, 2.75) is 136 Å². The number of ether oxygens (including phenoxy) is 2. The van der Waals surface area contributed by atoms with Gasteiger partial charge in [0.25, 0.3) is 0 Å². The summed E-state index contributed by atoms with van der Waals surface area (Å²) in [5, 5.41) is 0. The molecule has 4 rings (SSSR count). The van der Waals surface area contributed by atoms with Crippen LogP contribution in [-0.4, -0.2) is 29.9 Å². The summed E-state index contributed by atoms with van der Waals surface area (Å²) < 4.78 is 11.9. The lowest BCUT2D eigenvalue weighted by Crippen LogP contribution is -2.55. The molecule has 0 aliphatic heterocycles. The van der Waals surface area contributed by atoms with Crippen molar-refractivity contribution in [2.24, 2.45) is 28.6 Å². The van der Waals surface area contributed by atoms with Gasteiger partial charge in [-0.3, -0.25) is 14.4 Å². The molecule has 5 heteroatoms. The highest BCUT2D eigenvalue weighted by molar-refractivity contribution is 5.87. The molecule has 3 saturated carbocycles. The maximum atomic E-state index is 13.0. The van der Waals surface area contributed by atoms with Crippen LogP contribution in [0.3, 0.4) is 0 Å². The second kappa shape index (κ2) is 11.4. The predicted octanol–water partition coefficient (Wildman–Crippen LogP) is 7.11. The minimum absolute atomic E-state index is 0.0235. The van der Waals surface area contributed by atoms with Crippen molar-refractivity contribution in [3.05, 3.63) is 11.6 Å². The van der Waals surface area contributed by atoms with Gasteiger partial charge in [0.1, 0.15) is 18.0 Å². The fourth-order valence-corrected chi connectivity index (χ4v) is 8.25. The molecule has 5 nitrogen and oxygen atoms in total. The van der Waals surface area contributed by atoms with E-state index in [1.165, 1.54) is 44.6 Å². The van der Waals surface area contributed by atoms with E-state index in [9.17, 15) is 14.4 Å². The summed E-state index contributed by atoms with van der Waals surface area (Å²) in [4.78, 5) is 37.6. The van der Waals surface area contributed by atoms with Crippen LogP contribution >= 0.6 is 0 Å². The minimum Gasteiger partial charge on any atom is -0.462 e. The normalized spacial score (nSPS) is 37.4. The van der Waals surface area contributed by atoms with Crippen molar-refractivity contribution in [3.8, 4) is 0 Å². The van der Waals surface area contributed by atoms with Crippen LogP contribution in [0.1, 0.15) is 124 Å². The summed E-state index contributed by atoms with van der Waals surface area (Å²) in [5.41, 5.74) is 1.04. The second-order valence-corrected chi connectivity index (χ2v) is 12.6. The van der Waals surface area contributed by atoms with E-state index in [4.69, 9.17) is 9.47 Å². The number of unbranched alkanes of at least 4 members (excludes halogenated alkanes) is 6. The second-order valence-electron chi connectivity index (χ2n) is 12.6. The molecule has 3 fully saturated rings. The number of Topliss-reactive ketones (excluding diaryl/α,β-unsaturated/α-hetero) is 1. The van der Waals surface area contributed by atoms with Gasteiger partial charge in [0.2, 0.25) is 0 Å². The van der Waals surface area contributed by atoms with Gasteiger partial charge in [0.15, 0.2) is 0 Å². The van der Waals surface area contributed by atoms with Gasteiger partial charge in [-0.2, -0.15) is 0 Å². The van der Waals surface area contributed by atoms with Crippen molar-refractivity contribution in [1.82, 2.24) is 0 Å². The van der Waals surface area contributed by atoms with Crippen molar-refractivity contribution in [1.29, 1.82) is 0 Å². The quantitative estimate of drug-likeness (QED) is 0.182. The molecule has 0 aromatic rings. The highest BCUT2D eigenvalue weighted by atomic mass is 16.5. The van der Waals surface area contributed by atoms with Gasteiger partial charge >= 0.3 is 11.9 Å². The standard InChI is InChI=1S/C31H48O5/c1-5-6-7-8-9-10-11-12-28(34)36-26-20-22-19-23(35-21(2)32)15-17-30(22,3)25-16-18-31(4)24(29(25)26)13-14-27(31)33/h20,23-26,29H,5-19H2,1-4H3/t23-,24?,25?,26?,29?,30-,31-/m0/s1. The van der Waals surface area contributed by atoms with Crippen LogP contribution in [0, 0.1) is 28.6 Å². The van der Waals surface area contributed by atoms with Gasteiger partial charge in [0.05, 0.1) is 0 Å². The Hall–Kier alpha value is -1.65. The Labute approximate surface area is 218 Å². The topological polar surface area (TPSA) is 69.7 Å². The molecule has 7 atom stereocenters. The third-order valence-electron chi connectivity index (χ3n) is 10.4. The Balaban J connectivity index is 1.49. The molecule has 36 heavy (non-hydrogen) atoms. The smallest absolute Gasteiger partial charge is 0.306 e. The Morgan fingerprint density at radius 3 is 2.31 bits per heavy atom. The summed E-state index contributed by atoms with van der Waals surface area (Å²) >= 11 is 0. The number of esters is 2. The lowest BCUT2D eigenvalue weighted by molar-refractivity contribution is -0.161. The summed E-state index contributed by atoms with van der Waals surface area (Å²) in [7, 11) is 0. The van der Waals surface area contributed by atoms with Crippen LogP contribution in [0.15, 0.2) is 11.6 Å². The van der Waals surface area contributed by atoms with Crippen LogP contribution in [-0.2, 0) is 23.9 Å². The number of carbonyl (C=O) groups excluding carboxylic acids is 3. The van der Waals surface area contributed by atoms with Crippen LogP contribution in [0.5, 0.6) is 0 Å². The van der Waals surface area contributed by atoms with Gasteiger partial charge in [-0.15, -0.1) is 0 Å². The fraction of sp³-hybridized carbons (Fsp3) is 0.839. The van der Waals surface area contributed by atoms with Crippen LogP contribution in [0.2, 0.25) is 0 Å². The number of fused-ring (bicyclic) bond motifs is 5. The van der Waals surface area contributed by atoms with Crippen LogP contribution in [0.4, 0.5) is 0 Å².